The smallest absolute Gasteiger partial charge is 0.191 e. The minimum Gasteiger partial charge on any atom is -0.493 e. The van der Waals surface area contributed by atoms with Crippen LogP contribution in [0.3, 0.4) is 0 Å². The average molecular weight is 476 g/mol. The zero-order valence-corrected chi connectivity index (χ0v) is 19.9. The molecule has 0 heterocycles. The zero-order chi connectivity index (χ0) is 19.0. The summed E-state index contributed by atoms with van der Waals surface area (Å²) in [5.74, 6) is 2.25. The van der Waals surface area contributed by atoms with E-state index >= 15 is 0 Å². The van der Waals surface area contributed by atoms with E-state index in [4.69, 9.17) is 4.74 Å². The second-order valence-corrected chi connectivity index (χ2v) is 7.77. The summed E-state index contributed by atoms with van der Waals surface area (Å²) in [4.78, 5) is 6.53. The van der Waals surface area contributed by atoms with Crippen molar-refractivity contribution in [3.8, 4) is 5.75 Å². The van der Waals surface area contributed by atoms with E-state index in [0.29, 0.717) is 5.92 Å². The highest BCUT2D eigenvalue weighted by Crippen LogP contribution is 2.18. The molecule has 0 aliphatic carbocycles. The van der Waals surface area contributed by atoms with Crippen molar-refractivity contribution in [1.82, 2.24) is 15.5 Å². The molecule has 5 nitrogen and oxygen atoms in total. The van der Waals surface area contributed by atoms with Crippen LogP contribution >= 0.6 is 24.0 Å². The van der Waals surface area contributed by atoms with E-state index in [-0.39, 0.29) is 35.6 Å². The Morgan fingerprint density at radius 2 is 1.73 bits per heavy atom. The molecule has 0 fully saturated rings. The maximum absolute atomic E-state index is 5.74. The molecule has 0 amide bonds. The SMILES string of the molecule is CN=C(NCC(C)(C)N(C)C)NC(C)c1ccc(OCC(C)C)cc1.I. The lowest BCUT2D eigenvalue weighted by molar-refractivity contribution is 0.197. The highest BCUT2D eigenvalue weighted by atomic mass is 127. The predicted molar refractivity (Wildman–Crippen MR) is 123 cm³/mol. The predicted octanol–water partition coefficient (Wildman–Crippen LogP) is 3.91. The van der Waals surface area contributed by atoms with Gasteiger partial charge in [-0.25, -0.2) is 0 Å². The second-order valence-electron chi connectivity index (χ2n) is 7.77. The molecule has 2 N–H and O–H groups in total. The number of nitrogens with one attached hydrogen (secondary N) is 2. The molecular weight excluding hydrogens is 439 g/mol. The second kappa shape index (κ2) is 11.6. The van der Waals surface area contributed by atoms with Crippen LogP contribution in [0, 0.1) is 5.92 Å². The Hall–Kier alpha value is -1.02. The molecule has 150 valence electrons. The number of hydrogen-bond donors (Lipinski definition) is 2. The molecule has 0 aliphatic heterocycles. The van der Waals surface area contributed by atoms with Crippen LogP contribution in [-0.2, 0) is 0 Å². The van der Waals surface area contributed by atoms with Crippen molar-refractivity contribution in [3.05, 3.63) is 29.8 Å². The van der Waals surface area contributed by atoms with Crippen LogP contribution in [0.5, 0.6) is 5.75 Å². The quantitative estimate of drug-likeness (QED) is 0.340. The minimum absolute atomic E-state index is 0. The molecule has 1 aromatic carbocycles. The van der Waals surface area contributed by atoms with Gasteiger partial charge in [0.15, 0.2) is 5.96 Å². The number of hydrogen-bond acceptors (Lipinski definition) is 3. The van der Waals surface area contributed by atoms with Crippen molar-refractivity contribution < 1.29 is 4.74 Å². The third-order valence-electron chi connectivity index (χ3n) is 4.44. The summed E-state index contributed by atoms with van der Waals surface area (Å²) in [6.45, 7) is 12.4. The number of likely N-dealkylation sites (N-methyl/N-ethyl adjacent to an activating group) is 1. The maximum Gasteiger partial charge on any atom is 0.191 e. The van der Waals surface area contributed by atoms with E-state index in [1.165, 1.54) is 5.56 Å². The molecule has 1 aromatic rings. The van der Waals surface area contributed by atoms with Gasteiger partial charge in [-0.15, -0.1) is 24.0 Å². The summed E-state index contributed by atoms with van der Waals surface area (Å²) in [5, 5.41) is 6.85. The van der Waals surface area contributed by atoms with Gasteiger partial charge in [0.25, 0.3) is 0 Å². The number of nitrogens with zero attached hydrogens (tertiary/aromatic N) is 2. The molecule has 6 heteroatoms. The van der Waals surface area contributed by atoms with Gasteiger partial charge in [0.1, 0.15) is 5.75 Å². The molecular formula is C20H37IN4O. The van der Waals surface area contributed by atoms with Gasteiger partial charge in [-0.2, -0.15) is 0 Å². The molecule has 1 rings (SSSR count). The lowest BCUT2D eigenvalue weighted by Gasteiger charge is -2.33. The third kappa shape index (κ3) is 8.58. The Bertz CT molecular complexity index is 541. The first kappa shape index (κ1) is 25.0. The minimum atomic E-state index is 0. The van der Waals surface area contributed by atoms with Crippen LogP contribution in [0.1, 0.15) is 46.2 Å². The van der Waals surface area contributed by atoms with Crippen molar-refractivity contribution in [3.63, 3.8) is 0 Å². The Morgan fingerprint density at radius 3 is 2.19 bits per heavy atom. The molecule has 0 bridgehead atoms. The molecule has 1 atom stereocenters. The van der Waals surface area contributed by atoms with Crippen LogP contribution < -0.4 is 15.4 Å². The van der Waals surface area contributed by atoms with Gasteiger partial charge in [0.2, 0.25) is 0 Å². The Balaban J connectivity index is 0.00000625. The van der Waals surface area contributed by atoms with E-state index < -0.39 is 0 Å². The molecule has 1 unspecified atom stereocenters. The van der Waals surface area contributed by atoms with E-state index in [1.54, 1.807) is 7.05 Å². The Morgan fingerprint density at radius 1 is 1.15 bits per heavy atom. The lowest BCUT2D eigenvalue weighted by atomic mass is 10.0. The number of aliphatic imine (C=N–C) groups is 1. The topological polar surface area (TPSA) is 48.9 Å². The van der Waals surface area contributed by atoms with Crippen molar-refractivity contribution in [1.29, 1.82) is 0 Å². The third-order valence-corrected chi connectivity index (χ3v) is 4.44. The molecule has 0 saturated heterocycles. The Labute approximate surface area is 177 Å². The first-order valence-electron chi connectivity index (χ1n) is 9.03. The highest BCUT2D eigenvalue weighted by molar-refractivity contribution is 14.0. The molecule has 0 aromatic heterocycles. The fourth-order valence-corrected chi connectivity index (χ4v) is 2.06. The average Bonchev–Trinajstić information content (AvgIpc) is 2.56. The monoisotopic (exact) mass is 476 g/mol. The number of guanidine groups is 1. The van der Waals surface area contributed by atoms with Gasteiger partial charge in [-0.1, -0.05) is 26.0 Å². The van der Waals surface area contributed by atoms with Crippen molar-refractivity contribution in [2.24, 2.45) is 10.9 Å². The van der Waals surface area contributed by atoms with Crippen LogP contribution in [-0.4, -0.2) is 50.7 Å². The zero-order valence-electron chi connectivity index (χ0n) is 17.6. The van der Waals surface area contributed by atoms with Crippen molar-refractivity contribution >= 4 is 29.9 Å². The Kier molecular flexibility index (Phi) is 11.2. The number of ether oxygens (including phenoxy) is 1. The van der Waals surface area contributed by atoms with E-state index in [2.05, 4.69) is 81.4 Å². The summed E-state index contributed by atoms with van der Waals surface area (Å²) in [6, 6.07) is 8.42. The van der Waals surface area contributed by atoms with Crippen molar-refractivity contribution in [2.45, 2.75) is 46.2 Å². The summed E-state index contributed by atoms with van der Waals surface area (Å²) in [5.41, 5.74) is 1.25. The number of halogens is 1. The summed E-state index contributed by atoms with van der Waals surface area (Å²) >= 11 is 0. The first-order chi connectivity index (χ1) is 11.7. The van der Waals surface area contributed by atoms with Crippen LogP contribution in [0.2, 0.25) is 0 Å². The van der Waals surface area contributed by atoms with Crippen LogP contribution in [0.15, 0.2) is 29.3 Å². The molecule has 0 radical (unpaired) electrons. The van der Waals surface area contributed by atoms with Crippen LogP contribution in [0.4, 0.5) is 0 Å². The first-order valence-corrected chi connectivity index (χ1v) is 9.03. The largest absolute Gasteiger partial charge is 0.493 e. The summed E-state index contributed by atoms with van der Waals surface area (Å²) in [7, 11) is 5.97. The van der Waals surface area contributed by atoms with Crippen LogP contribution in [0.25, 0.3) is 0 Å². The van der Waals surface area contributed by atoms with Gasteiger partial charge in [-0.05, 0) is 58.5 Å². The van der Waals surface area contributed by atoms with E-state index in [1.807, 2.05) is 12.1 Å². The van der Waals surface area contributed by atoms with Gasteiger partial charge in [0, 0.05) is 19.1 Å². The molecule has 0 spiro atoms. The lowest BCUT2D eigenvalue weighted by Crippen LogP contribution is -2.51. The molecule has 0 saturated carbocycles. The van der Waals surface area contributed by atoms with Gasteiger partial charge < -0.3 is 20.3 Å². The fourth-order valence-electron chi connectivity index (χ4n) is 2.06. The highest BCUT2D eigenvalue weighted by Gasteiger charge is 2.20. The maximum atomic E-state index is 5.74. The van der Waals surface area contributed by atoms with E-state index in [9.17, 15) is 0 Å². The number of rotatable bonds is 8. The standard InChI is InChI=1S/C20H36N4O.HI/c1-15(2)13-25-18-11-9-17(10-12-18)16(3)23-19(21-6)22-14-20(4,5)24(7)8;/h9-12,15-16H,13-14H2,1-8H3,(H2,21,22,23);1H. The fraction of sp³-hybridized carbons (Fsp3) is 0.650. The van der Waals surface area contributed by atoms with Gasteiger partial charge in [-0.3, -0.25) is 4.99 Å². The van der Waals surface area contributed by atoms with Crippen molar-refractivity contribution in [2.75, 3.05) is 34.3 Å². The summed E-state index contributed by atoms with van der Waals surface area (Å²) < 4.78 is 5.74. The van der Waals surface area contributed by atoms with E-state index in [0.717, 1.165) is 24.9 Å². The summed E-state index contributed by atoms with van der Waals surface area (Å²) in [6.07, 6.45) is 0. The number of benzene rings is 1. The molecule has 0 aliphatic rings. The van der Waals surface area contributed by atoms with Gasteiger partial charge >= 0.3 is 0 Å². The normalized spacial score (nSPS) is 13.4. The van der Waals surface area contributed by atoms with Gasteiger partial charge in [0.05, 0.1) is 12.6 Å². The molecule has 26 heavy (non-hydrogen) atoms.